The van der Waals surface area contributed by atoms with Gasteiger partial charge >= 0.3 is 0 Å². The summed E-state index contributed by atoms with van der Waals surface area (Å²) in [6, 6.07) is 19.9. The van der Waals surface area contributed by atoms with Gasteiger partial charge in [0.2, 0.25) is 21.8 Å². The van der Waals surface area contributed by atoms with E-state index in [-0.39, 0.29) is 35.6 Å². The molecule has 11 heteroatoms. The lowest BCUT2D eigenvalue weighted by Gasteiger charge is -2.34. The molecule has 4 rings (SSSR count). The molecule has 1 aliphatic rings. The predicted octanol–water partition coefficient (Wildman–Crippen LogP) is 6.11. The van der Waals surface area contributed by atoms with Gasteiger partial charge in [0.1, 0.15) is 12.6 Å². The molecular weight excluding hydrogens is 605 g/mol. The van der Waals surface area contributed by atoms with E-state index in [1.165, 1.54) is 23.1 Å². The fraction of sp³-hybridized carbons (Fsp3) is 0.333. The van der Waals surface area contributed by atoms with Crippen molar-refractivity contribution in [1.82, 2.24) is 10.2 Å². The Hall–Kier alpha value is -2.78. The van der Waals surface area contributed by atoms with Crippen LogP contribution < -0.4 is 9.62 Å². The number of sulfonamides is 1. The molecule has 1 N–H and O–H groups in total. The molecule has 0 radical (unpaired) electrons. The first-order valence-corrected chi connectivity index (χ1v) is 16.3. The standard InChI is InChI=1S/C30H32Cl3N3O4S/c1-41(39,40)36(27-16-15-24(32)18-26(27)33)20-29(37)35(19-22-11-13-23(31)14-12-22)28(17-21-7-3-2-4-8-21)30(38)34-25-9-5-6-10-25/h2-4,7-8,11-16,18,25,28H,5-6,9-10,17,19-20H2,1H3,(H,34,38). The van der Waals surface area contributed by atoms with Crippen molar-refractivity contribution in [3.05, 3.63) is 99.0 Å². The summed E-state index contributed by atoms with van der Waals surface area (Å²) >= 11 is 18.5. The number of rotatable bonds is 11. The van der Waals surface area contributed by atoms with Gasteiger partial charge in [-0.15, -0.1) is 0 Å². The molecule has 218 valence electrons. The quantitative estimate of drug-likeness (QED) is 0.275. The molecule has 1 aliphatic carbocycles. The van der Waals surface area contributed by atoms with Gasteiger partial charge < -0.3 is 10.2 Å². The van der Waals surface area contributed by atoms with E-state index in [0.29, 0.717) is 10.0 Å². The van der Waals surface area contributed by atoms with Gasteiger partial charge in [0.25, 0.3) is 0 Å². The highest BCUT2D eigenvalue weighted by Crippen LogP contribution is 2.31. The highest BCUT2D eigenvalue weighted by Gasteiger charge is 2.34. The number of hydrogen-bond acceptors (Lipinski definition) is 4. The minimum atomic E-state index is -3.94. The molecule has 0 aliphatic heterocycles. The van der Waals surface area contributed by atoms with E-state index in [9.17, 15) is 18.0 Å². The first-order chi connectivity index (χ1) is 19.5. The number of hydrogen-bond donors (Lipinski definition) is 1. The van der Waals surface area contributed by atoms with Gasteiger partial charge in [-0.05, 0) is 54.3 Å². The third kappa shape index (κ3) is 8.61. The second-order valence-electron chi connectivity index (χ2n) is 10.2. The minimum Gasteiger partial charge on any atom is -0.352 e. The first-order valence-electron chi connectivity index (χ1n) is 13.3. The van der Waals surface area contributed by atoms with Gasteiger partial charge in [0.15, 0.2) is 0 Å². The summed E-state index contributed by atoms with van der Waals surface area (Å²) in [5.74, 6) is -0.836. The molecule has 1 saturated carbocycles. The first kappa shape index (κ1) is 31.2. The number of halogens is 3. The maximum atomic E-state index is 14.1. The molecule has 2 amide bonds. The van der Waals surface area contributed by atoms with E-state index in [0.717, 1.165) is 47.4 Å². The van der Waals surface area contributed by atoms with Crippen molar-refractivity contribution in [2.45, 2.75) is 50.7 Å². The second kappa shape index (κ2) is 13.9. The lowest BCUT2D eigenvalue weighted by atomic mass is 10.0. The van der Waals surface area contributed by atoms with E-state index < -0.39 is 28.5 Å². The van der Waals surface area contributed by atoms with Crippen LogP contribution in [0.4, 0.5) is 5.69 Å². The molecule has 0 heterocycles. The predicted molar refractivity (Wildman–Crippen MR) is 165 cm³/mol. The van der Waals surface area contributed by atoms with Crippen molar-refractivity contribution in [2.24, 2.45) is 0 Å². The summed E-state index contributed by atoms with van der Waals surface area (Å²) in [5.41, 5.74) is 1.73. The van der Waals surface area contributed by atoms with E-state index in [1.54, 1.807) is 24.3 Å². The zero-order valence-corrected chi connectivity index (χ0v) is 25.7. The number of carbonyl (C=O) groups excluding carboxylic acids is 2. The second-order valence-corrected chi connectivity index (χ2v) is 13.4. The van der Waals surface area contributed by atoms with Crippen molar-refractivity contribution in [3.8, 4) is 0 Å². The average molecular weight is 637 g/mol. The molecule has 0 aromatic heterocycles. The maximum absolute atomic E-state index is 14.1. The van der Waals surface area contributed by atoms with Crippen LogP contribution in [0.15, 0.2) is 72.8 Å². The number of nitrogens with zero attached hydrogens (tertiary/aromatic N) is 2. The van der Waals surface area contributed by atoms with Crippen LogP contribution in [-0.4, -0.2) is 50.0 Å². The summed E-state index contributed by atoms with van der Waals surface area (Å²) < 4.78 is 26.8. The van der Waals surface area contributed by atoms with Crippen LogP contribution in [0.1, 0.15) is 36.8 Å². The molecule has 0 saturated heterocycles. The number of benzene rings is 3. The van der Waals surface area contributed by atoms with Crippen molar-refractivity contribution in [2.75, 3.05) is 17.1 Å². The Labute approximate surface area is 256 Å². The Balaban J connectivity index is 1.73. The van der Waals surface area contributed by atoms with E-state index in [2.05, 4.69) is 5.32 Å². The smallest absolute Gasteiger partial charge is 0.244 e. The summed E-state index contributed by atoms with van der Waals surface area (Å²) in [4.78, 5) is 29.4. The Morgan fingerprint density at radius 2 is 1.54 bits per heavy atom. The topological polar surface area (TPSA) is 86.8 Å². The van der Waals surface area contributed by atoms with E-state index >= 15 is 0 Å². The number of nitrogens with one attached hydrogen (secondary N) is 1. The van der Waals surface area contributed by atoms with Crippen LogP contribution in [-0.2, 0) is 32.6 Å². The van der Waals surface area contributed by atoms with Gasteiger partial charge in [-0.1, -0.05) is 90.1 Å². The van der Waals surface area contributed by atoms with Crippen molar-refractivity contribution < 1.29 is 18.0 Å². The fourth-order valence-corrected chi connectivity index (χ4v) is 6.53. The van der Waals surface area contributed by atoms with Crippen molar-refractivity contribution in [3.63, 3.8) is 0 Å². The molecule has 0 bridgehead atoms. The normalized spacial score (nSPS) is 14.4. The van der Waals surface area contributed by atoms with Gasteiger partial charge in [-0.25, -0.2) is 8.42 Å². The van der Waals surface area contributed by atoms with Gasteiger partial charge in [0, 0.05) is 29.1 Å². The third-order valence-electron chi connectivity index (χ3n) is 7.10. The molecular formula is C30H32Cl3N3O4S. The zero-order chi connectivity index (χ0) is 29.6. The highest BCUT2D eigenvalue weighted by atomic mass is 35.5. The summed E-state index contributed by atoms with van der Waals surface area (Å²) in [5, 5.41) is 4.08. The van der Waals surface area contributed by atoms with Gasteiger partial charge in [-0.3, -0.25) is 13.9 Å². The summed E-state index contributed by atoms with van der Waals surface area (Å²) in [6.45, 7) is -0.493. The summed E-state index contributed by atoms with van der Waals surface area (Å²) in [6.07, 6.45) is 5.08. The van der Waals surface area contributed by atoms with Crippen molar-refractivity contribution in [1.29, 1.82) is 0 Å². The highest BCUT2D eigenvalue weighted by molar-refractivity contribution is 7.92. The summed E-state index contributed by atoms with van der Waals surface area (Å²) in [7, 11) is -3.94. The van der Waals surface area contributed by atoms with E-state index in [1.807, 2.05) is 30.3 Å². The Morgan fingerprint density at radius 1 is 0.902 bits per heavy atom. The van der Waals surface area contributed by atoms with Crippen LogP contribution in [0.25, 0.3) is 0 Å². The van der Waals surface area contributed by atoms with Crippen LogP contribution in [0.5, 0.6) is 0 Å². The number of anilines is 1. The molecule has 1 fully saturated rings. The molecule has 3 aromatic rings. The van der Waals surface area contributed by atoms with Gasteiger partial charge in [-0.2, -0.15) is 0 Å². The largest absolute Gasteiger partial charge is 0.352 e. The Morgan fingerprint density at radius 3 is 2.15 bits per heavy atom. The number of amides is 2. The molecule has 1 atom stereocenters. The van der Waals surface area contributed by atoms with Gasteiger partial charge in [0.05, 0.1) is 17.0 Å². The molecule has 0 spiro atoms. The minimum absolute atomic E-state index is 0.0358. The SMILES string of the molecule is CS(=O)(=O)N(CC(=O)N(Cc1ccc(Cl)cc1)C(Cc1ccccc1)C(=O)NC1CCCC1)c1ccc(Cl)cc1Cl. The molecule has 41 heavy (non-hydrogen) atoms. The van der Waals surface area contributed by atoms with Crippen LogP contribution in [0, 0.1) is 0 Å². The lowest BCUT2D eigenvalue weighted by Crippen LogP contribution is -2.54. The van der Waals surface area contributed by atoms with Crippen LogP contribution in [0.3, 0.4) is 0 Å². The maximum Gasteiger partial charge on any atom is 0.244 e. The van der Waals surface area contributed by atoms with Crippen molar-refractivity contribution >= 4 is 62.3 Å². The third-order valence-corrected chi connectivity index (χ3v) is 9.01. The Bertz CT molecular complexity index is 1460. The molecule has 1 unspecified atom stereocenters. The molecule has 7 nitrogen and oxygen atoms in total. The van der Waals surface area contributed by atoms with E-state index in [4.69, 9.17) is 34.8 Å². The van der Waals surface area contributed by atoms with Crippen LogP contribution >= 0.6 is 34.8 Å². The average Bonchev–Trinajstić information content (AvgIpc) is 3.43. The molecule has 3 aromatic carbocycles. The Kier molecular flexibility index (Phi) is 10.6. The lowest BCUT2D eigenvalue weighted by molar-refractivity contribution is -0.140. The zero-order valence-electron chi connectivity index (χ0n) is 22.6. The monoisotopic (exact) mass is 635 g/mol. The number of carbonyl (C=O) groups is 2. The fourth-order valence-electron chi connectivity index (χ4n) is 4.99. The van der Waals surface area contributed by atoms with Crippen LogP contribution in [0.2, 0.25) is 15.1 Å².